The van der Waals surface area contributed by atoms with Gasteiger partial charge >= 0.3 is 0 Å². The molecular weight excluding hydrogens is 236 g/mol. The number of methoxy groups -OCH3 is 1. The maximum absolute atomic E-state index is 8.85. The fourth-order valence-electron chi connectivity index (χ4n) is 1.24. The maximum Gasteiger partial charge on any atom is 0.177 e. The van der Waals surface area contributed by atoms with Gasteiger partial charge in [0, 0.05) is 0 Å². The van der Waals surface area contributed by atoms with Crippen LogP contribution in [-0.4, -0.2) is 17.1 Å². The predicted molar refractivity (Wildman–Crippen MR) is 61.3 cm³/mol. The number of nitriles is 2. The average Bonchev–Trinajstić information content (AvgIpc) is 2.86. The molecule has 0 bridgehead atoms. The highest BCUT2D eigenvalue weighted by molar-refractivity contribution is 7.17. The lowest BCUT2D eigenvalue weighted by Gasteiger charge is -1.97. The van der Waals surface area contributed by atoms with Gasteiger partial charge in [0.1, 0.15) is 17.8 Å². The fourth-order valence-corrected chi connectivity index (χ4v) is 2.01. The highest BCUT2D eigenvalue weighted by atomic mass is 32.1. The predicted octanol–water partition coefficient (Wildman–Crippen LogP) is 1.96. The summed E-state index contributed by atoms with van der Waals surface area (Å²) in [6.45, 7) is 0. The first-order valence-corrected chi connectivity index (χ1v) is 5.41. The van der Waals surface area contributed by atoms with Crippen molar-refractivity contribution >= 4 is 11.3 Å². The van der Waals surface area contributed by atoms with Gasteiger partial charge in [0.05, 0.1) is 18.2 Å². The van der Waals surface area contributed by atoms with Crippen LogP contribution in [0.1, 0.15) is 11.4 Å². The van der Waals surface area contributed by atoms with E-state index in [2.05, 4.69) is 9.97 Å². The molecule has 2 aromatic heterocycles. The quantitative estimate of drug-likeness (QED) is 0.803. The van der Waals surface area contributed by atoms with Crippen molar-refractivity contribution in [2.24, 2.45) is 0 Å². The van der Waals surface area contributed by atoms with Gasteiger partial charge in [-0.05, 0) is 12.1 Å². The van der Waals surface area contributed by atoms with Gasteiger partial charge < -0.3 is 4.74 Å². The summed E-state index contributed by atoms with van der Waals surface area (Å²) in [4.78, 5) is 8.83. The molecule has 82 valence electrons. The third kappa shape index (κ3) is 2.07. The molecule has 0 aliphatic rings. The van der Waals surface area contributed by atoms with Crippen molar-refractivity contribution in [3.05, 3.63) is 29.7 Å². The summed E-state index contributed by atoms with van der Waals surface area (Å²) in [7, 11) is 1.58. The van der Waals surface area contributed by atoms with Gasteiger partial charge in [0.25, 0.3) is 0 Å². The van der Waals surface area contributed by atoms with Gasteiger partial charge in [0.15, 0.2) is 16.5 Å². The number of aromatic nitrogens is 2. The van der Waals surface area contributed by atoms with E-state index >= 15 is 0 Å². The molecule has 0 unspecified atom stereocenters. The SMILES string of the molecule is COc1ccc(-c2cnc(C#N)c(C#N)n2)s1. The van der Waals surface area contributed by atoms with Crippen LogP contribution in [0, 0.1) is 22.7 Å². The first-order chi connectivity index (χ1) is 8.28. The number of thiophene rings is 1. The van der Waals surface area contributed by atoms with Crippen LogP contribution in [0.15, 0.2) is 18.3 Å². The molecule has 17 heavy (non-hydrogen) atoms. The first kappa shape index (κ1) is 11.1. The van der Waals surface area contributed by atoms with E-state index in [0.717, 1.165) is 9.94 Å². The van der Waals surface area contributed by atoms with E-state index < -0.39 is 0 Å². The molecule has 0 aromatic carbocycles. The minimum absolute atomic E-state index is 0.0392. The molecule has 6 heteroatoms. The Hall–Kier alpha value is -2.44. The van der Waals surface area contributed by atoms with Crippen LogP contribution >= 0.6 is 11.3 Å². The average molecular weight is 242 g/mol. The van der Waals surface area contributed by atoms with E-state index in [0.29, 0.717) is 5.69 Å². The Morgan fingerprint density at radius 3 is 2.59 bits per heavy atom. The van der Waals surface area contributed by atoms with E-state index in [1.807, 2.05) is 24.3 Å². The van der Waals surface area contributed by atoms with Crippen LogP contribution in [0.3, 0.4) is 0 Å². The zero-order valence-electron chi connectivity index (χ0n) is 8.84. The zero-order valence-corrected chi connectivity index (χ0v) is 9.65. The number of ether oxygens (including phenoxy) is 1. The third-order valence-corrected chi connectivity index (χ3v) is 3.09. The lowest BCUT2D eigenvalue weighted by molar-refractivity contribution is 0.427. The second-order valence-electron chi connectivity index (χ2n) is 3.00. The Bertz CT molecular complexity index is 636. The number of nitrogens with zero attached hydrogens (tertiary/aromatic N) is 4. The summed E-state index contributed by atoms with van der Waals surface area (Å²) in [6.07, 6.45) is 1.48. The third-order valence-electron chi connectivity index (χ3n) is 2.02. The lowest BCUT2D eigenvalue weighted by Crippen LogP contribution is -1.94. The van der Waals surface area contributed by atoms with Crippen molar-refractivity contribution in [3.63, 3.8) is 0 Å². The molecule has 0 aliphatic heterocycles. The molecule has 0 saturated carbocycles. The van der Waals surface area contributed by atoms with Crippen LogP contribution < -0.4 is 4.74 Å². The summed E-state index contributed by atoms with van der Waals surface area (Å²) in [5.74, 6) is 0. The monoisotopic (exact) mass is 242 g/mol. The summed E-state index contributed by atoms with van der Waals surface area (Å²) >= 11 is 1.40. The normalized spacial score (nSPS) is 9.35. The van der Waals surface area contributed by atoms with Crippen molar-refractivity contribution in [1.82, 2.24) is 9.97 Å². The molecule has 5 nitrogen and oxygen atoms in total. The van der Waals surface area contributed by atoms with Gasteiger partial charge in [-0.2, -0.15) is 10.5 Å². The van der Waals surface area contributed by atoms with E-state index in [1.165, 1.54) is 17.5 Å². The fraction of sp³-hybridized carbons (Fsp3) is 0.0909. The number of rotatable bonds is 2. The maximum atomic E-state index is 8.85. The zero-order chi connectivity index (χ0) is 12.3. The standard InChI is InChI=1S/C11H6N4OS/c1-16-11-3-2-10(17-11)9-6-14-7(4-12)8(5-13)15-9/h2-3,6H,1H3. The molecule has 0 atom stereocenters. The molecule has 0 aliphatic carbocycles. The summed E-state index contributed by atoms with van der Waals surface area (Å²) in [5, 5.41) is 18.3. The molecule has 0 fully saturated rings. The van der Waals surface area contributed by atoms with E-state index in [-0.39, 0.29) is 11.4 Å². The van der Waals surface area contributed by atoms with Crippen LogP contribution in [0.4, 0.5) is 0 Å². The Balaban J connectivity index is 2.48. The van der Waals surface area contributed by atoms with Crippen molar-refractivity contribution in [2.45, 2.75) is 0 Å². The topological polar surface area (TPSA) is 82.6 Å². The van der Waals surface area contributed by atoms with Crippen molar-refractivity contribution in [1.29, 1.82) is 10.5 Å². The molecular formula is C11H6N4OS. The van der Waals surface area contributed by atoms with E-state index in [1.54, 1.807) is 7.11 Å². The van der Waals surface area contributed by atoms with Crippen LogP contribution in [0.5, 0.6) is 5.06 Å². The lowest BCUT2D eigenvalue weighted by atomic mass is 10.3. The highest BCUT2D eigenvalue weighted by Gasteiger charge is 2.10. The molecule has 2 rings (SSSR count). The summed E-state index contributed by atoms with van der Waals surface area (Å²) in [6, 6.07) is 7.32. The molecule has 0 amide bonds. The van der Waals surface area contributed by atoms with Gasteiger partial charge in [-0.15, -0.1) is 0 Å². The smallest absolute Gasteiger partial charge is 0.177 e. The van der Waals surface area contributed by atoms with Gasteiger partial charge in [0.2, 0.25) is 0 Å². The second kappa shape index (κ2) is 4.60. The molecule has 2 aromatic rings. The Kier molecular flexibility index (Phi) is 2.99. The Labute approximate surface area is 102 Å². The molecule has 0 N–H and O–H groups in total. The largest absolute Gasteiger partial charge is 0.487 e. The minimum Gasteiger partial charge on any atom is -0.487 e. The van der Waals surface area contributed by atoms with Crippen molar-refractivity contribution in [3.8, 4) is 27.8 Å². The van der Waals surface area contributed by atoms with Crippen LogP contribution in [0.2, 0.25) is 0 Å². The van der Waals surface area contributed by atoms with E-state index in [4.69, 9.17) is 15.3 Å². The summed E-state index contributed by atoms with van der Waals surface area (Å²) in [5.41, 5.74) is 0.644. The van der Waals surface area contributed by atoms with Crippen LogP contribution in [-0.2, 0) is 0 Å². The highest BCUT2D eigenvalue weighted by Crippen LogP contribution is 2.31. The second-order valence-corrected chi connectivity index (χ2v) is 4.05. The van der Waals surface area contributed by atoms with Gasteiger partial charge in [-0.3, -0.25) is 0 Å². The Morgan fingerprint density at radius 2 is 2.00 bits per heavy atom. The number of hydrogen-bond donors (Lipinski definition) is 0. The van der Waals surface area contributed by atoms with Gasteiger partial charge in [-0.1, -0.05) is 11.3 Å². The minimum atomic E-state index is 0.0392. The first-order valence-electron chi connectivity index (χ1n) is 4.60. The Morgan fingerprint density at radius 1 is 1.24 bits per heavy atom. The van der Waals surface area contributed by atoms with Gasteiger partial charge in [-0.25, -0.2) is 9.97 Å². The molecule has 0 radical (unpaired) electrons. The molecule has 2 heterocycles. The van der Waals surface area contributed by atoms with Crippen molar-refractivity contribution in [2.75, 3.05) is 7.11 Å². The molecule has 0 spiro atoms. The van der Waals surface area contributed by atoms with Crippen LogP contribution in [0.25, 0.3) is 10.6 Å². The van der Waals surface area contributed by atoms with Crippen molar-refractivity contribution < 1.29 is 4.74 Å². The van der Waals surface area contributed by atoms with E-state index in [9.17, 15) is 0 Å². The number of hydrogen-bond acceptors (Lipinski definition) is 6. The molecule has 0 saturated heterocycles. The summed E-state index contributed by atoms with van der Waals surface area (Å²) < 4.78 is 5.07.